The fourth-order valence-electron chi connectivity index (χ4n) is 1.51. The predicted molar refractivity (Wildman–Crippen MR) is 70.9 cm³/mol. The zero-order valence-corrected chi connectivity index (χ0v) is 10.6. The molecule has 0 bridgehead atoms. The average Bonchev–Trinajstić information content (AvgIpc) is 2.78. The van der Waals surface area contributed by atoms with Gasteiger partial charge in [0.05, 0.1) is 11.8 Å². The standard InChI is InChI=1S/C13H16N2OS/c1-10(16)7-14-8-12-9-17-13(15-12)11-5-3-2-4-6-11/h2-6,9-10,14,16H,7-8H2,1H3. The normalized spacial score (nSPS) is 12.6. The van der Waals surface area contributed by atoms with Crippen molar-refractivity contribution in [2.45, 2.75) is 19.6 Å². The Morgan fingerprint density at radius 3 is 2.82 bits per heavy atom. The maximum Gasteiger partial charge on any atom is 0.123 e. The molecular formula is C13H16N2OS. The summed E-state index contributed by atoms with van der Waals surface area (Å²) in [7, 11) is 0. The number of nitrogens with zero attached hydrogens (tertiary/aromatic N) is 1. The van der Waals surface area contributed by atoms with Gasteiger partial charge in [-0.1, -0.05) is 30.3 Å². The monoisotopic (exact) mass is 248 g/mol. The highest BCUT2D eigenvalue weighted by Crippen LogP contribution is 2.22. The largest absolute Gasteiger partial charge is 0.392 e. The Balaban J connectivity index is 1.97. The van der Waals surface area contributed by atoms with Crippen LogP contribution in [0.25, 0.3) is 10.6 Å². The third-order valence-corrected chi connectivity index (χ3v) is 3.26. The summed E-state index contributed by atoms with van der Waals surface area (Å²) in [6.07, 6.45) is -0.317. The summed E-state index contributed by atoms with van der Waals surface area (Å²) in [6, 6.07) is 10.2. The van der Waals surface area contributed by atoms with Crippen LogP contribution >= 0.6 is 11.3 Å². The van der Waals surface area contributed by atoms with Crippen LogP contribution in [-0.4, -0.2) is 22.7 Å². The van der Waals surface area contributed by atoms with Crippen molar-refractivity contribution in [1.82, 2.24) is 10.3 Å². The van der Waals surface area contributed by atoms with E-state index in [4.69, 9.17) is 5.11 Å². The van der Waals surface area contributed by atoms with Crippen LogP contribution in [0.2, 0.25) is 0 Å². The van der Waals surface area contributed by atoms with E-state index >= 15 is 0 Å². The number of hydrogen-bond donors (Lipinski definition) is 2. The molecule has 1 aromatic carbocycles. The lowest BCUT2D eigenvalue weighted by Crippen LogP contribution is -2.23. The van der Waals surface area contributed by atoms with Crippen LogP contribution in [0.3, 0.4) is 0 Å². The summed E-state index contributed by atoms with van der Waals surface area (Å²) < 4.78 is 0. The van der Waals surface area contributed by atoms with Crippen LogP contribution < -0.4 is 5.32 Å². The first-order valence-electron chi connectivity index (χ1n) is 5.64. The maximum atomic E-state index is 9.13. The van der Waals surface area contributed by atoms with Crippen molar-refractivity contribution < 1.29 is 5.11 Å². The number of nitrogens with one attached hydrogen (secondary N) is 1. The highest BCUT2D eigenvalue weighted by Gasteiger charge is 2.04. The van der Waals surface area contributed by atoms with Gasteiger partial charge < -0.3 is 10.4 Å². The van der Waals surface area contributed by atoms with Crippen LogP contribution in [-0.2, 0) is 6.54 Å². The molecular weight excluding hydrogens is 232 g/mol. The predicted octanol–water partition coefficient (Wildman–Crippen LogP) is 2.28. The fourth-order valence-corrected chi connectivity index (χ4v) is 2.34. The maximum absolute atomic E-state index is 9.13. The lowest BCUT2D eigenvalue weighted by Gasteiger charge is -2.04. The molecule has 1 unspecified atom stereocenters. The van der Waals surface area contributed by atoms with Crippen LogP contribution in [0.1, 0.15) is 12.6 Å². The van der Waals surface area contributed by atoms with Crippen molar-refractivity contribution in [2.75, 3.05) is 6.54 Å². The Morgan fingerprint density at radius 1 is 1.35 bits per heavy atom. The summed E-state index contributed by atoms with van der Waals surface area (Å²) in [6.45, 7) is 3.07. The highest BCUT2D eigenvalue weighted by molar-refractivity contribution is 7.13. The van der Waals surface area contributed by atoms with E-state index in [1.807, 2.05) is 18.2 Å². The molecule has 2 aromatic rings. The summed E-state index contributed by atoms with van der Waals surface area (Å²) >= 11 is 1.65. The van der Waals surface area contributed by atoms with Gasteiger partial charge in [0.1, 0.15) is 5.01 Å². The molecule has 17 heavy (non-hydrogen) atoms. The molecule has 1 atom stereocenters. The zero-order valence-electron chi connectivity index (χ0n) is 9.76. The first-order valence-corrected chi connectivity index (χ1v) is 6.52. The van der Waals surface area contributed by atoms with Crippen molar-refractivity contribution >= 4 is 11.3 Å². The second kappa shape index (κ2) is 5.91. The second-order valence-electron chi connectivity index (χ2n) is 3.99. The Kier molecular flexibility index (Phi) is 4.25. The molecule has 0 fully saturated rings. The van der Waals surface area contributed by atoms with E-state index in [0.717, 1.165) is 16.3 Å². The Morgan fingerprint density at radius 2 is 2.12 bits per heavy atom. The molecule has 2 N–H and O–H groups in total. The number of rotatable bonds is 5. The van der Waals surface area contributed by atoms with Gasteiger partial charge in [0.15, 0.2) is 0 Å². The first-order chi connectivity index (χ1) is 8.25. The number of hydrogen-bond acceptors (Lipinski definition) is 4. The SMILES string of the molecule is CC(O)CNCc1csc(-c2ccccc2)n1. The molecule has 0 aliphatic rings. The summed E-state index contributed by atoms with van der Waals surface area (Å²) in [5, 5.41) is 15.4. The number of aliphatic hydroxyl groups is 1. The molecule has 0 saturated heterocycles. The van der Waals surface area contributed by atoms with Crippen molar-refractivity contribution in [2.24, 2.45) is 0 Å². The molecule has 0 aliphatic carbocycles. The van der Waals surface area contributed by atoms with Crippen molar-refractivity contribution in [1.29, 1.82) is 0 Å². The van der Waals surface area contributed by atoms with Gasteiger partial charge in [0.25, 0.3) is 0 Å². The van der Waals surface area contributed by atoms with Gasteiger partial charge in [-0.25, -0.2) is 4.98 Å². The van der Waals surface area contributed by atoms with Crippen LogP contribution in [0.5, 0.6) is 0 Å². The van der Waals surface area contributed by atoms with E-state index in [2.05, 4.69) is 27.8 Å². The summed E-state index contributed by atoms with van der Waals surface area (Å²) in [4.78, 5) is 4.55. The molecule has 0 aliphatic heterocycles. The Bertz CT molecular complexity index is 453. The van der Waals surface area contributed by atoms with Gasteiger partial charge in [0, 0.05) is 24.0 Å². The van der Waals surface area contributed by atoms with E-state index in [9.17, 15) is 0 Å². The van der Waals surface area contributed by atoms with Crippen LogP contribution in [0, 0.1) is 0 Å². The minimum Gasteiger partial charge on any atom is -0.392 e. The molecule has 1 aromatic heterocycles. The number of benzene rings is 1. The average molecular weight is 248 g/mol. The molecule has 4 heteroatoms. The topological polar surface area (TPSA) is 45.1 Å². The van der Waals surface area contributed by atoms with Gasteiger partial charge in [-0.3, -0.25) is 0 Å². The van der Waals surface area contributed by atoms with E-state index in [1.165, 1.54) is 0 Å². The minimum atomic E-state index is -0.317. The summed E-state index contributed by atoms with van der Waals surface area (Å²) in [5.74, 6) is 0. The smallest absolute Gasteiger partial charge is 0.123 e. The number of aromatic nitrogens is 1. The molecule has 1 heterocycles. The molecule has 90 valence electrons. The number of thiazole rings is 1. The lowest BCUT2D eigenvalue weighted by molar-refractivity contribution is 0.191. The molecule has 0 saturated carbocycles. The molecule has 2 rings (SSSR count). The third kappa shape index (κ3) is 3.63. The quantitative estimate of drug-likeness (QED) is 0.853. The van der Waals surface area contributed by atoms with Gasteiger partial charge in [-0.15, -0.1) is 11.3 Å². The lowest BCUT2D eigenvalue weighted by atomic mass is 10.2. The van der Waals surface area contributed by atoms with Gasteiger partial charge in [-0.2, -0.15) is 0 Å². The van der Waals surface area contributed by atoms with Crippen LogP contribution in [0.15, 0.2) is 35.7 Å². The first kappa shape index (κ1) is 12.2. The van der Waals surface area contributed by atoms with Crippen molar-refractivity contribution in [3.05, 3.63) is 41.4 Å². The third-order valence-electron chi connectivity index (χ3n) is 2.32. The molecule has 0 spiro atoms. The van der Waals surface area contributed by atoms with E-state index in [-0.39, 0.29) is 6.10 Å². The molecule has 0 radical (unpaired) electrons. The Labute approximate surface area is 105 Å². The van der Waals surface area contributed by atoms with Crippen LogP contribution in [0.4, 0.5) is 0 Å². The van der Waals surface area contributed by atoms with Crippen molar-refractivity contribution in [3.63, 3.8) is 0 Å². The van der Waals surface area contributed by atoms with E-state index < -0.39 is 0 Å². The summed E-state index contributed by atoms with van der Waals surface area (Å²) in [5.41, 5.74) is 2.17. The molecule has 3 nitrogen and oxygen atoms in total. The van der Waals surface area contributed by atoms with Gasteiger partial charge in [-0.05, 0) is 6.92 Å². The molecule has 0 amide bonds. The number of aliphatic hydroxyl groups excluding tert-OH is 1. The van der Waals surface area contributed by atoms with Gasteiger partial charge >= 0.3 is 0 Å². The zero-order chi connectivity index (χ0) is 12.1. The fraction of sp³-hybridized carbons (Fsp3) is 0.308. The minimum absolute atomic E-state index is 0.317. The van der Waals surface area contributed by atoms with Gasteiger partial charge in [0.2, 0.25) is 0 Å². The van der Waals surface area contributed by atoms with Crippen molar-refractivity contribution in [3.8, 4) is 10.6 Å². The Hall–Kier alpha value is -1.23. The second-order valence-corrected chi connectivity index (χ2v) is 4.85. The highest BCUT2D eigenvalue weighted by atomic mass is 32.1. The van der Waals surface area contributed by atoms with E-state index in [1.54, 1.807) is 18.3 Å². The van der Waals surface area contributed by atoms with E-state index in [0.29, 0.717) is 13.1 Å².